The number of fused-ring (bicyclic) bond motifs is 1. The number of hydrogen-bond donors (Lipinski definition) is 1. The molecule has 0 bridgehead atoms. The predicted molar refractivity (Wildman–Crippen MR) is 146 cm³/mol. The summed E-state index contributed by atoms with van der Waals surface area (Å²) in [6.07, 6.45) is 6.36. The number of benzene rings is 1. The summed E-state index contributed by atoms with van der Waals surface area (Å²) in [5.41, 5.74) is 3.14. The Hall–Kier alpha value is -2.38. The summed E-state index contributed by atoms with van der Waals surface area (Å²) in [4.78, 5) is 34.2. The van der Waals surface area contributed by atoms with E-state index in [9.17, 15) is 14.7 Å². The second-order valence-electron chi connectivity index (χ2n) is 11.5. The van der Waals surface area contributed by atoms with Crippen molar-refractivity contribution in [3.8, 4) is 5.75 Å². The van der Waals surface area contributed by atoms with Gasteiger partial charge in [0.05, 0.1) is 25.7 Å². The maximum atomic E-state index is 13.5. The molecule has 7 nitrogen and oxygen atoms in total. The van der Waals surface area contributed by atoms with Gasteiger partial charge in [-0.15, -0.1) is 0 Å². The summed E-state index contributed by atoms with van der Waals surface area (Å²) < 4.78 is 5.68. The number of amides is 1. The van der Waals surface area contributed by atoms with Crippen molar-refractivity contribution in [2.45, 2.75) is 85.6 Å². The molecular formula is C30H46N2O5. The first-order valence-corrected chi connectivity index (χ1v) is 13.9. The van der Waals surface area contributed by atoms with Crippen LogP contribution in [-0.4, -0.2) is 65.8 Å². The Bertz CT molecular complexity index is 961. The summed E-state index contributed by atoms with van der Waals surface area (Å²) in [5, 5.41) is 12.0. The van der Waals surface area contributed by atoms with Crippen LogP contribution in [0.2, 0.25) is 0 Å². The molecular weight excluding hydrogens is 468 g/mol. The molecule has 2 heterocycles. The van der Waals surface area contributed by atoms with Gasteiger partial charge in [0.1, 0.15) is 5.75 Å². The van der Waals surface area contributed by atoms with E-state index < -0.39 is 11.9 Å². The third kappa shape index (κ3) is 7.57. The van der Waals surface area contributed by atoms with Crippen molar-refractivity contribution in [3.63, 3.8) is 0 Å². The lowest BCUT2D eigenvalue weighted by atomic mass is 9.77. The molecule has 1 saturated heterocycles. The number of allylic oxidation sites excluding steroid dienone is 2. The predicted octanol–water partition coefficient (Wildman–Crippen LogP) is 5.44. The van der Waals surface area contributed by atoms with Crippen molar-refractivity contribution in [1.29, 1.82) is 0 Å². The maximum Gasteiger partial charge on any atom is 0.308 e. The molecule has 1 unspecified atom stereocenters. The second kappa shape index (κ2) is 12.9. The minimum atomic E-state index is -0.806. The van der Waals surface area contributed by atoms with Gasteiger partial charge in [-0.1, -0.05) is 57.9 Å². The number of rotatable bonds is 13. The summed E-state index contributed by atoms with van der Waals surface area (Å²) >= 11 is 0. The molecule has 3 atom stereocenters. The molecule has 1 aromatic carbocycles. The molecule has 2 aliphatic rings. The van der Waals surface area contributed by atoms with Crippen LogP contribution >= 0.6 is 0 Å². The van der Waals surface area contributed by atoms with Crippen molar-refractivity contribution >= 4 is 11.9 Å². The smallest absolute Gasteiger partial charge is 0.308 e. The molecule has 1 fully saturated rings. The van der Waals surface area contributed by atoms with Crippen molar-refractivity contribution in [1.82, 2.24) is 9.96 Å². The molecule has 1 amide bonds. The fraction of sp³-hybridized carbons (Fsp3) is 0.667. The van der Waals surface area contributed by atoms with Gasteiger partial charge in [-0.25, -0.2) is 5.06 Å². The van der Waals surface area contributed by atoms with Crippen molar-refractivity contribution in [2.24, 2.45) is 11.3 Å². The van der Waals surface area contributed by atoms with E-state index in [1.807, 2.05) is 19.1 Å². The van der Waals surface area contributed by atoms with Crippen LogP contribution in [0, 0.1) is 11.3 Å². The van der Waals surface area contributed by atoms with E-state index in [0.29, 0.717) is 32.7 Å². The zero-order chi connectivity index (χ0) is 27.2. The van der Waals surface area contributed by atoms with E-state index >= 15 is 0 Å². The van der Waals surface area contributed by atoms with Gasteiger partial charge < -0.3 is 9.84 Å². The quantitative estimate of drug-likeness (QED) is 0.279. The SMILES string of the molecule is CCCCN(OCCC)C(=O)CN1C[C@H](c2ccc3c(c2)CCO3)C(C(=O)O)[C@@H]1CC(C)(C)C=C(C)C. The van der Waals surface area contributed by atoms with Gasteiger partial charge in [-0.05, 0) is 55.7 Å². The van der Waals surface area contributed by atoms with E-state index in [0.717, 1.165) is 42.6 Å². The van der Waals surface area contributed by atoms with Crippen LogP contribution in [-0.2, 0) is 20.8 Å². The van der Waals surface area contributed by atoms with Crippen molar-refractivity contribution < 1.29 is 24.3 Å². The highest BCUT2D eigenvalue weighted by atomic mass is 16.7. The average Bonchev–Trinajstić information content (AvgIpc) is 3.42. The van der Waals surface area contributed by atoms with Crippen molar-refractivity contribution in [2.75, 3.05) is 32.8 Å². The highest BCUT2D eigenvalue weighted by Gasteiger charge is 2.48. The molecule has 2 aliphatic heterocycles. The standard InChI is InChI=1S/C30H46N2O5/c1-7-9-13-32(37-14-8-2)27(33)20-31-19-24(22-10-11-26-23(16-22)12-15-36-26)28(29(34)35)25(31)18-30(5,6)17-21(3)4/h10-11,16-17,24-25,28H,7-9,12-15,18-20H2,1-6H3,(H,34,35)/t24-,25+,28?/m1/s1. The molecule has 1 N–H and O–H groups in total. The maximum absolute atomic E-state index is 13.5. The lowest BCUT2D eigenvalue weighted by Gasteiger charge is -2.34. The summed E-state index contributed by atoms with van der Waals surface area (Å²) in [6, 6.07) is 5.81. The minimum absolute atomic E-state index is 0.0981. The number of unbranched alkanes of at least 4 members (excludes halogenated alkanes) is 1. The molecule has 1 aromatic rings. The number of nitrogens with zero attached hydrogens (tertiary/aromatic N) is 2. The number of carboxylic acids is 1. The molecule has 0 spiro atoms. The third-order valence-electron chi connectivity index (χ3n) is 7.37. The Morgan fingerprint density at radius 2 is 2.00 bits per heavy atom. The number of carbonyl (C=O) groups excluding carboxylic acids is 1. The second-order valence-corrected chi connectivity index (χ2v) is 11.5. The van der Waals surface area contributed by atoms with Crippen LogP contribution in [0.25, 0.3) is 0 Å². The van der Waals surface area contributed by atoms with Crippen LogP contribution in [0.3, 0.4) is 0 Å². The number of hydrogen-bond acceptors (Lipinski definition) is 5. The highest BCUT2D eigenvalue weighted by Crippen LogP contribution is 2.44. The monoisotopic (exact) mass is 514 g/mol. The summed E-state index contributed by atoms with van der Waals surface area (Å²) in [7, 11) is 0. The topological polar surface area (TPSA) is 79.3 Å². The lowest BCUT2D eigenvalue weighted by Crippen LogP contribution is -2.45. The molecule has 206 valence electrons. The number of aliphatic carboxylic acids is 1. The van der Waals surface area contributed by atoms with Crippen LogP contribution < -0.4 is 4.74 Å². The van der Waals surface area contributed by atoms with Gasteiger partial charge >= 0.3 is 5.97 Å². The minimum Gasteiger partial charge on any atom is -0.493 e. The Morgan fingerprint density at radius 3 is 2.65 bits per heavy atom. The molecule has 0 saturated carbocycles. The summed E-state index contributed by atoms with van der Waals surface area (Å²) in [5.74, 6) is -0.830. The van der Waals surface area contributed by atoms with E-state index in [1.165, 1.54) is 10.6 Å². The zero-order valence-electron chi connectivity index (χ0n) is 23.6. The van der Waals surface area contributed by atoms with Crippen LogP contribution in [0.5, 0.6) is 5.75 Å². The van der Waals surface area contributed by atoms with Gasteiger partial charge in [0.25, 0.3) is 5.91 Å². The van der Waals surface area contributed by atoms with Gasteiger partial charge in [0, 0.05) is 31.5 Å². The molecule has 0 radical (unpaired) electrons. The molecule has 7 heteroatoms. The zero-order valence-corrected chi connectivity index (χ0v) is 23.6. The van der Waals surface area contributed by atoms with Gasteiger partial charge in [0.15, 0.2) is 0 Å². The number of carboxylic acid groups (broad SMARTS) is 1. The Morgan fingerprint density at radius 1 is 1.24 bits per heavy atom. The Kier molecular flexibility index (Phi) is 10.2. The number of carbonyl (C=O) groups is 2. The van der Waals surface area contributed by atoms with Gasteiger partial charge in [-0.3, -0.25) is 19.3 Å². The van der Waals surface area contributed by atoms with Crippen LogP contribution in [0.1, 0.15) is 84.3 Å². The normalized spacial score (nSPS) is 21.4. The van der Waals surface area contributed by atoms with E-state index in [4.69, 9.17) is 9.57 Å². The van der Waals surface area contributed by atoms with E-state index in [-0.39, 0.29) is 29.8 Å². The average molecular weight is 515 g/mol. The number of hydroxylamine groups is 2. The number of likely N-dealkylation sites (tertiary alicyclic amines) is 1. The fourth-order valence-electron chi connectivity index (χ4n) is 5.92. The lowest BCUT2D eigenvalue weighted by molar-refractivity contribution is -0.188. The van der Waals surface area contributed by atoms with E-state index in [2.05, 4.69) is 51.7 Å². The van der Waals surface area contributed by atoms with Gasteiger partial charge in [0.2, 0.25) is 0 Å². The third-order valence-corrected chi connectivity index (χ3v) is 7.37. The van der Waals surface area contributed by atoms with Crippen LogP contribution in [0.15, 0.2) is 29.8 Å². The first-order chi connectivity index (χ1) is 17.6. The van der Waals surface area contributed by atoms with E-state index in [1.54, 1.807) is 0 Å². The molecule has 37 heavy (non-hydrogen) atoms. The Balaban J connectivity index is 1.93. The highest BCUT2D eigenvalue weighted by molar-refractivity contribution is 5.78. The first kappa shape index (κ1) is 29.2. The van der Waals surface area contributed by atoms with Gasteiger partial charge in [-0.2, -0.15) is 0 Å². The molecule has 0 aromatic heterocycles. The molecule has 3 rings (SSSR count). The largest absolute Gasteiger partial charge is 0.493 e. The summed E-state index contributed by atoms with van der Waals surface area (Å²) in [6.45, 7) is 14.9. The fourth-order valence-corrected chi connectivity index (χ4v) is 5.92. The molecule has 0 aliphatic carbocycles. The Labute approximate surface area is 222 Å². The van der Waals surface area contributed by atoms with Crippen LogP contribution in [0.4, 0.5) is 0 Å². The van der Waals surface area contributed by atoms with Crippen molar-refractivity contribution in [3.05, 3.63) is 41.0 Å². The number of ether oxygens (including phenoxy) is 1. The first-order valence-electron chi connectivity index (χ1n) is 13.9.